The Morgan fingerprint density at radius 2 is 1.80 bits per heavy atom. The van der Waals surface area contributed by atoms with Crippen molar-refractivity contribution in [3.8, 4) is 0 Å². The second-order valence-corrected chi connectivity index (χ2v) is 2.64. The molecule has 6 heteroatoms. The molecule has 0 aromatic carbocycles. The Balaban J connectivity index is 4.75. The first-order valence-electron chi connectivity index (χ1n) is 4.54. The van der Waals surface area contributed by atoms with Crippen molar-refractivity contribution in [3.63, 3.8) is 0 Å². The minimum atomic E-state index is -1.15. The van der Waals surface area contributed by atoms with Crippen LogP contribution in [0.3, 0.4) is 0 Å². The predicted octanol–water partition coefficient (Wildman–Crippen LogP) is -0.325. The molecule has 0 aromatic rings. The largest absolute Gasteiger partial charge is 0.478 e. The highest BCUT2D eigenvalue weighted by Gasteiger charge is 2.17. The predicted molar refractivity (Wildman–Crippen MR) is 54.0 cm³/mol. The van der Waals surface area contributed by atoms with Crippen LogP contribution in [-0.4, -0.2) is 37.7 Å². The van der Waals surface area contributed by atoms with Crippen molar-refractivity contribution in [3.05, 3.63) is 11.4 Å². The molecule has 0 fully saturated rings. The van der Waals surface area contributed by atoms with Gasteiger partial charge in [-0.05, 0) is 6.92 Å². The van der Waals surface area contributed by atoms with E-state index in [1.54, 1.807) is 21.0 Å². The molecule has 0 heterocycles. The summed E-state index contributed by atoms with van der Waals surface area (Å²) in [5.74, 6) is -1.41. The molecule has 0 saturated carbocycles. The topological polar surface area (TPSA) is 87.7 Å². The van der Waals surface area contributed by atoms with E-state index >= 15 is 0 Å². The zero-order chi connectivity index (χ0) is 11.8. The summed E-state index contributed by atoms with van der Waals surface area (Å²) in [7, 11) is 3.14. The average Bonchev–Trinajstić information content (AvgIpc) is 2.18. The Morgan fingerprint density at radius 3 is 2.13 bits per heavy atom. The van der Waals surface area contributed by atoms with Crippen molar-refractivity contribution >= 4 is 11.9 Å². The van der Waals surface area contributed by atoms with Crippen molar-refractivity contribution < 1.29 is 19.4 Å². The van der Waals surface area contributed by atoms with Gasteiger partial charge in [0.2, 0.25) is 0 Å². The summed E-state index contributed by atoms with van der Waals surface area (Å²) in [6.07, 6.45) is -0.264. The zero-order valence-corrected chi connectivity index (χ0v) is 9.09. The molecule has 0 unspecified atom stereocenters. The maximum Gasteiger partial charge on any atom is 0.335 e. The molecule has 86 valence electrons. The fraction of sp³-hybridized carbons (Fsp3) is 0.556. The van der Waals surface area contributed by atoms with Crippen LogP contribution in [0.5, 0.6) is 0 Å². The van der Waals surface area contributed by atoms with Crippen LogP contribution in [0.25, 0.3) is 0 Å². The molecule has 3 N–H and O–H groups in total. The number of aliphatic carboxylic acids is 1. The Bertz CT molecular complexity index is 267. The molecule has 0 radical (unpaired) electrons. The van der Waals surface area contributed by atoms with Crippen LogP contribution in [0.15, 0.2) is 11.4 Å². The van der Waals surface area contributed by atoms with Gasteiger partial charge in [-0.3, -0.25) is 4.79 Å². The molecule has 0 aromatic heterocycles. The van der Waals surface area contributed by atoms with Crippen LogP contribution < -0.4 is 10.6 Å². The lowest BCUT2D eigenvalue weighted by Crippen LogP contribution is -2.26. The fourth-order valence-electron chi connectivity index (χ4n) is 1.05. The standard InChI is InChI=1S/C9H16N2O4/c1-4-15-7(12)5-6(9(13)14)8(10-2)11-3/h10-11H,4-5H2,1-3H3,(H,13,14). The number of carboxylic acid groups (broad SMARTS) is 1. The van der Waals surface area contributed by atoms with E-state index in [1.807, 2.05) is 0 Å². The lowest BCUT2D eigenvalue weighted by molar-refractivity contribution is -0.144. The highest BCUT2D eigenvalue weighted by Crippen LogP contribution is 2.06. The molecule has 0 spiro atoms. The molecule has 0 bridgehead atoms. The number of carbonyl (C=O) groups excluding carboxylic acids is 1. The van der Waals surface area contributed by atoms with Gasteiger partial charge in [-0.25, -0.2) is 4.79 Å². The first-order valence-corrected chi connectivity index (χ1v) is 4.54. The summed E-state index contributed by atoms with van der Waals surface area (Å²) in [5.41, 5.74) is -0.0431. The SMILES string of the molecule is CCOC(=O)CC(C(=O)O)=C(NC)NC. The van der Waals surface area contributed by atoms with Crippen LogP contribution in [0, 0.1) is 0 Å². The number of carbonyl (C=O) groups is 2. The molecule has 0 atom stereocenters. The monoisotopic (exact) mass is 216 g/mol. The Kier molecular flexibility index (Phi) is 5.92. The van der Waals surface area contributed by atoms with E-state index in [1.165, 1.54) is 0 Å². The second-order valence-electron chi connectivity index (χ2n) is 2.64. The maximum atomic E-state index is 11.1. The van der Waals surface area contributed by atoms with Crippen molar-refractivity contribution in [1.29, 1.82) is 0 Å². The van der Waals surface area contributed by atoms with Crippen LogP contribution >= 0.6 is 0 Å². The lowest BCUT2D eigenvalue weighted by atomic mass is 10.2. The van der Waals surface area contributed by atoms with E-state index in [4.69, 9.17) is 5.11 Å². The Hall–Kier alpha value is -1.72. The Labute approximate surface area is 88.3 Å². The van der Waals surface area contributed by atoms with Crippen molar-refractivity contribution in [2.24, 2.45) is 0 Å². The van der Waals surface area contributed by atoms with E-state index in [-0.39, 0.29) is 18.6 Å². The lowest BCUT2D eigenvalue weighted by Gasteiger charge is -2.10. The van der Waals surface area contributed by atoms with Crippen molar-refractivity contribution in [1.82, 2.24) is 10.6 Å². The minimum absolute atomic E-state index is 0.0431. The summed E-state index contributed by atoms with van der Waals surface area (Å²) < 4.78 is 4.67. The number of rotatable bonds is 6. The maximum absolute atomic E-state index is 11.1. The number of nitrogens with one attached hydrogen (secondary N) is 2. The third-order valence-electron chi connectivity index (χ3n) is 1.69. The van der Waals surface area contributed by atoms with E-state index in [2.05, 4.69) is 15.4 Å². The van der Waals surface area contributed by atoms with Gasteiger partial charge in [-0.1, -0.05) is 0 Å². The summed E-state index contributed by atoms with van der Waals surface area (Å²) in [4.78, 5) is 22.0. The Morgan fingerprint density at radius 1 is 1.27 bits per heavy atom. The molecule has 0 amide bonds. The normalized spacial score (nSPS) is 9.00. The summed E-state index contributed by atoms with van der Waals surface area (Å²) >= 11 is 0. The van der Waals surface area contributed by atoms with E-state index in [0.29, 0.717) is 5.82 Å². The number of ether oxygens (including phenoxy) is 1. The van der Waals surface area contributed by atoms with Crippen LogP contribution in [-0.2, 0) is 14.3 Å². The van der Waals surface area contributed by atoms with E-state index < -0.39 is 11.9 Å². The molecule has 0 aliphatic carbocycles. The van der Waals surface area contributed by atoms with Gasteiger partial charge in [-0.2, -0.15) is 0 Å². The van der Waals surface area contributed by atoms with Crippen LogP contribution in [0.1, 0.15) is 13.3 Å². The summed E-state index contributed by atoms with van der Waals surface area (Å²) in [6.45, 7) is 1.90. The van der Waals surface area contributed by atoms with Gasteiger partial charge in [0.1, 0.15) is 5.82 Å². The number of esters is 1. The minimum Gasteiger partial charge on any atom is -0.478 e. The van der Waals surface area contributed by atoms with E-state index in [0.717, 1.165) is 0 Å². The molecule has 0 rings (SSSR count). The van der Waals surface area contributed by atoms with Gasteiger partial charge < -0.3 is 20.5 Å². The third-order valence-corrected chi connectivity index (χ3v) is 1.69. The zero-order valence-electron chi connectivity index (χ0n) is 9.09. The van der Waals surface area contributed by atoms with Gasteiger partial charge in [0.15, 0.2) is 0 Å². The smallest absolute Gasteiger partial charge is 0.335 e. The highest BCUT2D eigenvalue weighted by atomic mass is 16.5. The van der Waals surface area contributed by atoms with Crippen LogP contribution in [0.4, 0.5) is 0 Å². The molecular formula is C9H16N2O4. The molecular weight excluding hydrogens is 200 g/mol. The van der Waals surface area contributed by atoms with Gasteiger partial charge in [0.25, 0.3) is 0 Å². The molecule has 15 heavy (non-hydrogen) atoms. The molecule has 6 nitrogen and oxygen atoms in total. The molecule has 0 aliphatic rings. The quantitative estimate of drug-likeness (QED) is 0.416. The van der Waals surface area contributed by atoms with Crippen LogP contribution in [0.2, 0.25) is 0 Å². The number of carboxylic acids is 1. The number of hydrogen-bond acceptors (Lipinski definition) is 5. The van der Waals surface area contributed by atoms with E-state index in [9.17, 15) is 9.59 Å². The highest BCUT2D eigenvalue weighted by molar-refractivity contribution is 5.93. The van der Waals surface area contributed by atoms with Crippen molar-refractivity contribution in [2.75, 3.05) is 20.7 Å². The van der Waals surface area contributed by atoms with Gasteiger partial charge in [-0.15, -0.1) is 0 Å². The summed E-state index contributed by atoms with van der Waals surface area (Å²) in [6, 6.07) is 0. The first kappa shape index (κ1) is 13.3. The molecule has 0 aliphatic heterocycles. The summed E-state index contributed by atoms with van der Waals surface area (Å²) in [5, 5.41) is 14.2. The second kappa shape index (κ2) is 6.69. The average molecular weight is 216 g/mol. The molecule has 0 saturated heterocycles. The van der Waals surface area contributed by atoms with Gasteiger partial charge in [0, 0.05) is 14.1 Å². The fourth-order valence-corrected chi connectivity index (χ4v) is 1.05. The van der Waals surface area contributed by atoms with Gasteiger partial charge in [0.05, 0.1) is 18.6 Å². The van der Waals surface area contributed by atoms with Crippen molar-refractivity contribution in [2.45, 2.75) is 13.3 Å². The van der Waals surface area contributed by atoms with Gasteiger partial charge >= 0.3 is 11.9 Å². The number of hydrogen-bond donors (Lipinski definition) is 3. The first-order chi connectivity index (χ1) is 7.06. The third kappa shape index (κ3) is 4.35.